The molecule has 1 N–H and O–H groups in total. The molecule has 164 valence electrons. The Morgan fingerprint density at radius 3 is 2.30 bits per heavy atom. The molecule has 0 saturated carbocycles. The van der Waals surface area contributed by atoms with Gasteiger partial charge >= 0.3 is 5.69 Å². The summed E-state index contributed by atoms with van der Waals surface area (Å²) in [6.45, 7) is 0. The monoisotopic (exact) mass is 485 g/mol. The second kappa shape index (κ2) is 8.74. The van der Waals surface area contributed by atoms with Crippen LogP contribution in [0, 0.1) is 17.1 Å². The fourth-order valence-corrected chi connectivity index (χ4v) is 3.42. The molecule has 9 nitrogen and oxygen atoms in total. The fourth-order valence-electron chi connectivity index (χ4n) is 2.86. The lowest BCUT2D eigenvalue weighted by Crippen LogP contribution is -2.33. The summed E-state index contributed by atoms with van der Waals surface area (Å²) in [4.78, 5) is 37.8. The first-order valence-corrected chi connectivity index (χ1v) is 9.82. The van der Waals surface area contributed by atoms with E-state index in [-0.39, 0.29) is 32.8 Å². The lowest BCUT2D eigenvalue weighted by Gasteiger charge is -2.13. The lowest BCUT2D eigenvalue weighted by atomic mass is 10.3. The van der Waals surface area contributed by atoms with E-state index in [9.17, 15) is 18.8 Å². The number of hydrogen-bond acceptors (Lipinski definition) is 6. The van der Waals surface area contributed by atoms with Gasteiger partial charge in [0.1, 0.15) is 17.6 Å². The van der Waals surface area contributed by atoms with Crippen LogP contribution in [0.5, 0.6) is 11.5 Å². The van der Waals surface area contributed by atoms with Crippen molar-refractivity contribution in [1.82, 2.24) is 19.3 Å². The number of ether oxygens (including phenoxy) is 1. The first kappa shape index (κ1) is 22.0. The molecule has 2 heterocycles. The van der Waals surface area contributed by atoms with Gasteiger partial charge in [-0.25, -0.2) is 9.18 Å². The van der Waals surface area contributed by atoms with E-state index in [1.165, 1.54) is 59.3 Å². The van der Waals surface area contributed by atoms with Crippen molar-refractivity contribution >= 4 is 23.2 Å². The number of nitriles is 1. The molecule has 0 aliphatic heterocycles. The molecule has 0 radical (unpaired) electrons. The zero-order valence-corrected chi connectivity index (χ0v) is 17.8. The number of rotatable bonds is 4. The van der Waals surface area contributed by atoms with E-state index in [1.807, 2.05) is 4.98 Å². The van der Waals surface area contributed by atoms with Crippen LogP contribution in [-0.4, -0.2) is 19.3 Å². The highest BCUT2D eigenvalue weighted by atomic mass is 35.5. The van der Waals surface area contributed by atoms with Gasteiger partial charge in [-0.3, -0.25) is 19.1 Å². The van der Waals surface area contributed by atoms with E-state index in [2.05, 4.69) is 5.10 Å². The number of aromatic amines is 1. The molecule has 33 heavy (non-hydrogen) atoms. The van der Waals surface area contributed by atoms with Crippen molar-refractivity contribution in [3.63, 3.8) is 0 Å². The predicted molar refractivity (Wildman–Crippen MR) is 117 cm³/mol. The van der Waals surface area contributed by atoms with Crippen LogP contribution in [-0.2, 0) is 0 Å². The van der Waals surface area contributed by atoms with Crippen LogP contribution in [0.4, 0.5) is 4.39 Å². The predicted octanol–water partition coefficient (Wildman–Crippen LogP) is 3.18. The number of pyridine rings is 1. The second-order valence-corrected chi connectivity index (χ2v) is 7.34. The van der Waals surface area contributed by atoms with Gasteiger partial charge in [-0.15, -0.1) is 5.10 Å². The first-order chi connectivity index (χ1) is 15.8. The van der Waals surface area contributed by atoms with Crippen LogP contribution in [0.25, 0.3) is 11.4 Å². The van der Waals surface area contributed by atoms with Gasteiger partial charge in [0.05, 0.1) is 21.9 Å². The zero-order valence-electron chi connectivity index (χ0n) is 16.3. The Morgan fingerprint density at radius 2 is 1.67 bits per heavy atom. The molecule has 0 atom stereocenters. The minimum absolute atomic E-state index is 0.0179. The van der Waals surface area contributed by atoms with Crippen molar-refractivity contribution in [2.75, 3.05) is 0 Å². The molecule has 0 saturated heterocycles. The van der Waals surface area contributed by atoms with Crippen molar-refractivity contribution in [3.8, 4) is 28.9 Å². The van der Waals surface area contributed by atoms with Crippen LogP contribution >= 0.6 is 23.2 Å². The van der Waals surface area contributed by atoms with E-state index in [0.717, 1.165) is 4.68 Å². The maximum atomic E-state index is 13.2. The van der Waals surface area contributed by atoms with Crippen molar-refractivity contribution in [3.05, 3.63) is 107 Å². The Kier molecular flexibility index (Phi) is 5.83. The number of nitrogens with one attached hydrogen (secondary N) is 1. The summed E-state index contributed by atoms with van der Waals surface area (Å²) in [7, 11) is 0. The first-order valence-electron chi connectivity index (χ1n) is 9.06. The van der Waals surface area contributed by atoms with E-state index in [1.54, 1.807) is 6.07 Å². The van der Waals surface area contributed by atoms with Crippen LogP contribution in [0.3, 0.4) is 0 Å². The Balaban J connectivity index is 1.73. The third kappa shape index (κ3) is 4.41. The Labute approximate surface area is 193 Å². The van der Waals surface area contributed by atoms with Crippen LogP contribution in [0.15, 0.2) is 69.1 Å². The molecular formula is C21H10Cl2FN5O4. The van der Waals surface area contributed by atoms with E-state index in [4.69, 9.17) is 33.2 Å². The van der Waals surface area contributed by atoms with Crippen molar-refractivity contribution < 1.29 is 9.13 Å². The van der Waals surface area contributed by atoms with Crippen LogP contribution in [0.1, 0.15) is 5.69 Å². The Bertz CT molecular complexity index is 1580. The highest BCUT2D eigenvalue weighted by Crippen LogP contribution is 2.38. The fraction of sp³-hybridized carbons (Fsp3) is 0. The van der Waals surface area contributed by atoms with Crippen LogP contribution in [0.2, 0.25) is 10.0 Å². The summed E-state index contributed by atoms with van der Waals surface area (Å²) < 4.78 is 21.0. The highest BCUT2D eigenvalue weighted by Gasteiger charge is 2.15. The number of aromatic nitrogens is 4. The maximum Gasteiger partial charge on any atom is 0.349 e. The lowest BCUT2D eigenvalue weighted by molar-refractivity contribution is 0.478. The van der Waals surface area contributed by atoms with Gasteiger partial charge in [0, 0.05) is 11.8 Å². The molecule has 4 aromatic rings. The van der Waals surface area contributed by atoms with Crippen LogP contribution < -0.4 is 21.5 Å². The highest BCUT2D eigenvalue weighted by molar-refractivity contribution is 6.37. The van der Waals surface area contributed by atoms with Gasteiger partial charge < -0.3 is 4.74 Å². The van der Waals surface area contributed by atoms with Gasteiger partial charge in [-0.2, -0.15) is 9.94 Å². The number of halogens is 3. The Morgan fingerprint density at radius 1 is 1.00 bits per heavy atom. The summed E-state index contributed by atoms with van der Waals surface area (Å²) in [6, 6.07) is 12.1. The smallest absolute Gasteiger partial charge is 0.349 e. The molecular weight excluding hydrogens is 476 g/mol. The summed E-state index contributed by atoms with van der Waals surface area (Å²) >= 11 is 12.6. The van der Waals surface area contributed by atoms with E-state index < -0.39 is 22.8 Å². The molecule has 0 aliphatic carbocycles. The quantitative estimate of drug-likeness (QED) is 0.473. The van der Waals surface area contributed by atoms with Gasteiger partial charge in [0.2, 0.25) is 5.69 Å². The topological polar surface area (TPSA) is 123 Å². The normalized spacial score (nSPS) is 10.6. The third-order valence-electron chi connectivity index (χ3n) is 4.37. The van der Waals surface area contributed by atoms with Gasteiger partial charge in [0.15, 0.2) is 5.75 Å². The molecule has 0 fully saturated rings. The molecule has 0 spiro atoms. The molecule has 0 unspecified atom stereocenters. The zero-order chi connectivity index (χ0) is 23.7. The van der Waals surface area contributed by atoms with Gasteiger partial charge in [-0.1, -0.05) is 23.2 Å². The molecule has 12 heteroatoms. The molecule has 2 aromatic carbocycles. The molecule has 4 rings (SSSR count). The van der Waals surface area contributed by atoms with Gasteiger partial charge in [0.25, 0.3) is 11.1 Å². The van der Waals surface area contributed by atoms with Crippen molar-refractivity contribution in [2.45, 2.75) is 0 Å². The minimum atomic E-state index is -0.924. The second-order valence-electron chi connectivity index (χ2n) is 6.52. The van der Waals surface area contributed by atoms with Crippen molar-refractivity contribution in [2.24, 2.45) is 0 Å². The number of H-pyrrole nitrogens is 1. The summed E-state index contributed by atoms with van der Waals surface area (Å²) in [5.41, 5.74) is -2.23. The molecule has 0 amide bonds. The standard InChI is InChI=1S/C21H10Cl2FN5O4/c22-15-7-13(29-21(32)26-20(31)17(9-25)27-29)8-16(23)19(15)33-14-5-6-18(30)28(10-14)12-3-1-11(24)2-4-12/h1-8,10H,(H,26,31,32). The molecule has 2 aromatic heterocycles. The van der Waals surface area contributed by atoms with E-state index in [0.29, 0.717) is 5.69 Å². The number of nitrogens with zero attached hydrogens (tertiary/aromatic N) is 4. The average molecular weight is 486 g/mol. The van der Waals surface area contributed by atoms with Gasteiger partial charge in [-0.05, 0) is 42.5 Å². The largest absolute Gasteiger partial charge is 0.453 e. The number of hydrogen-bond donors (Lipinski definition) is 1. The molecule has 0 aliphatic rings. The maximum absolute atomic E-state index is 13.2. The summed E-state index contributed by atoms with van der Waals surface area (Å²) in [5, 5.41) is 12.6. The SMILES string of the molecule is N#Cc1nn(-c2cc(Cl)c(Oc3ccc(=O)n(-c4ccc(F)cc4)c3)c(Cl)c2)c(=O)[nH]c1=O. The van der Waals surface area contributed by atoms with Crippen molar-refractivity contribution in [1.29, 1.82) is 5.26 Å². The minimum Gasteiger partial charge on any atom is -0.453 e. The summed E-state index contributed by atoms with van der Waals surface area (Å²) in [5.74, 6) is -0.234. The van der Waals surface area contributed by atoms with E-state index >= 15 is 0 Å². The number of benzene rings is 2. The molecule has 0 bridgehead atoms. The Hall–Kier alpha value is -4.20. The third-order valence-corrected chi connectivity index (χ3v) is 4.93. The summed E-state index contributed by atoms with van der Waals surface area (Å²) in [6.07, 6.45) is 1.38. The average Bonchev–Trinajstić information content (AvgIpc) is 2.78.